The lowest BCUT2D eigenvalue weighted by molar-refractivity contribution is 0.0981. The maximum absolute atomic E-state index is 14.2. The summed E-state index contributed by atoms with van der Waals surface area (Å²) in [5.41, 5.74) is 6.55. The molecular formula is C44H52O4Si. The summed E-state index contributed by atoms with van der Waals surface area (Å²) >= 11 is 0. The number of carbonyl (C=O) groups is 4. The Morgan fingerprint density at radius 1 is 0.367 bits per heavy atom. The van der Waals surface area contributed by atoms with Gasteiger partial charge in [-0.2, -0.15) is 0 Å². The number of Topliss-reactive ketones (excluding diaryl/α,β-unsaturated/α-hetero) is 4. The molecule has 4 aromatic rings. The topological polar surface area (TPSA) is 68.3 Å². The van der Waals surface area contributed by atoms with Gasteiger partial charge in [0.25, 0.3) is 0 Å². The van der Waals surface area contributed by atoms with Crippen LogP contribution in [0.2, 0.25) is 0 Å². The van der Waals surface area contributed by atoms with Crippen molar-refractivity contribution in [3.8, 4) is 0 Å². The minimum absolute atomic E-state index is 0.00202. The summed E-state index contributed by atoms with van der Waals surface area (Å²) in [4.78, 5) is 56.8. The second kappa shape index (κ2) is 16.5. The molecule has 0 aliphatic carbocycles. The molecule has 0 heterocycles. The van der Waals surface area contributed by atoms with E-state index in [1.54, 1.807) is 0 Å². The molecule has 0 aromatic heterocycles. The molecule has 0 fully saturated rings. The van der Waals surface area contributed by atoms with Crippen LogP contribution in [0.5, 0.6) is 0 Å². The lowest BCUT2D eigenvalue weighted by Crippen LogP contribution is -2.78. The van der Waals surface area contributed by atoms with Crippen molar-refractivity contribution in [2.45, 2.75) is 107 Å². The van der Waals surface area contributed by atoms with Crippen molar-refractivity contribution in [1.29, 1.82) is 0 Å². The van der Waals surface area contributed by atoms with Crippen LogP contribution in [-0.4, -0.2) is 31.2 Å². The van der Waals surface area contributed by atoms with Crippen molar-refractivity contribution in [1.82, 2.24) is 0 Å². The van der Waals surface area contributed by atoms with E-state index >= 15 is 0 Å². The highest BCUT2D eigenvalue weighted by Gasteiger charge is 2.49. The van der Waals surface area contributed by atoms with Crippen LogP contribution in [0.15, 0.2) is 72.8 Å². The Labute approximate surface area is 294 Å². The number of aryl methyl sites for hydroxylation is 4. The van der Waals surface area contributed by atoms with Crippen LogP contribution in [0.3, 0.4) is 0 Å². The second-order valence-corrected chi connectivity index (χ2v) is 16.4. The fourth-order valence-corrected chi connectivity index (χ4v) is 12.6. The van der Waals surface area contributed by atoms with E-state index in [-0.39, 0.29) is 23.1 Å². The summed E-state index contributed by atoms with van der Waals surface area (Å²) in [7, 11) is -3.82. The third-order valence-corrected chi connectivity index (χ3v) is 15.0. The zero-order valence-electron chi connectivity index (χ0n) is 30.7. The van der Waals surface area contributed by atoms with Crippen molar-refractivity contribution >= 4 is 52.0 Å². The van der Waals surface area contributed by atoms with E-state index in [1.165, 1.54) is 0 Å². The molecule has 5 heteroatoms. The zero-order chi connectivity index (χ0) is 35.9. The minimum Gasteiger partial charge on any atom is -0.294 e. The first-order valence-electron chi connectivity index (χ1n) is 18.3. The molecule has 0 radical (unpaired) electrons. The highest BCUT2D eigenvalue weighted by atomic mass is 28.3. The molecule has 4 nitrogen and oxygen atoms in total. The molecule has 0 unspecified atom stereocenters. The molecule has 0 spiro atoms. The average Bonchev–Trinajstić information content (AvgIpc) is 3.16. The summed E-state index contributed by atoms with van der Waals surface area (Å²) in [6.07, 6.45) is 4.18. The van der Waals surface area contributed by atoms with Gasteiger partial charge in [-0.25, -0.2) is 0 Å². The molecule has 0 saturated carbocycles. The molecule has 0 aliphatic heterocycles. The van der Waals surface area contributed by atoms with E-state index in [9.17, 15) is 19.2 Å². The Morgan fingerprint density at radius 2 is 0.571 bits per heavy atom. The molecule has 0 N–H and O–H groups in total. The van der Waals surface area contributed by atoms with Crippen LogP contribution in [0.25, 0.3) is 0 Å². The van der Waals surface area contributed by atoms with E-state index in [4.69, 9.17) is 0 Å². The van der Waals surface area contributed by atoms with Crippen LogP contribution in [0.4, 0.5) is 0 Å². The number of hydrogen-bond acceptors (Lipinski definition) is 4. The quantitative estimate of drug-likeness (QED) is 0.0696. The maximum Gasteiger partial charge on any atom is 0.182 e. The van der Waals surface area contributed by atoms with Crippen LogP contribution in [-0.2, 0) is 25.7 Å². The van der Waals surface area contributed by atoms with E-state index in [0.717, 1.165) is 68.7 Å². The predicted octanol–water partition coefficient (Wildman–Crippen LogP) is 7.68. The number of rotatable bonds is 16. The van der Waals surface area contributed by atoms with Gasteiger partial charge in [0.1, 0.15) is 0 Å². The van der Waals surface area contributed by atoms with Crippen LogP contribution < -0.4 is 20.7 Å². The lowest BCUT2D eigenvalue weighted by Gasteiger charge is -2.39. The molecule has 0 amide bonds. The standard InChI is InChI=1S/C44H52O4Si/c1-9-29-17-21-41(33(25-29)37(45)13-5)49(42-22-18-30(10-2)26-34(42)38(46)14-6,43-23-19-31(11-3)27-35(43)39(47)15-7)44-24-20-32(12-4)28-36(44)40(48)16-8/h17-28H,9-16H2,1-8H3. The van der Waals surface area contributed by atoms with Crippen molar-refractivity contribution in [2.24, 2.45) is 0 Å². The predicted molar refractivity (Wildman–Crippen MR) is 206 cm³/mol. The van der Waals surface area contributed by atoms with Gasteiger partial charge in [0.15, 0.2) is 31.2 Å². The Kier molecular flexibility index (Phi) is 12.6. The normalized spacial score (nSPS) is 11.4. The SMILES string of the molecule is CCC(=O)c1cc(CC)ccc1[Si](c1ccc(CC)cc1C(=O)CC)(c1ccc(CC)cc1C(=O)CC)c1ccc(CC)cc1C(=O)CC. The van der Waals surface area contributed by atoms with Gasteiger partial charge < -0.3 is 0 Å². The molecule has 49 heavy (non-hydrogen) atoms. The number of ketones is 4. The van der Waals surface area contributed by atoms with Crippen LogP contribution in [0.1, 0.15) is 145 Å². The summed E-state index contributed by atoms with van der Waals surface area (Å²) in [6.45, 7) is 15.8. The average molecular weight is 673 g/mol. The maximum atomic E-state index is 14.2. The van der Waals surface area contributed by atoms with Gasteiger partial charge in [-0.05, 0) is 92.9 Å². The Bertz CT molecular complexity index is 1610. The van der Waals surface area contributed by atoms with E-state index < -0.39 is 8.07 Å². The summed E-state index contributed by atoms with van der Waals surface area (Å²) < 4.78 is 0. The summed E-state index contributed by atoms with van der Waals surface area (Å²) in [5.74, 6) is -0.00810. The Morgan fingerprint density at radius 3 is 0.735 bits per heavy atom. The van der Waals surface area contributed by atoms with Gasteiger partial charge in [-0.15, -0.1) is 0 Å². The number of benzene rings is 4. The van der Waals surface area contributed by atoms with Crippen LogP contribution >= 0.6 is 0 Å². The molecule has 4 aromatic carbocycles. The van der Waals surface area contributed by atoms with Crippen molar-refractivity contribution < 1.29 is 19.2 Å². The van der Waals surface area contributed by atoms with Crippen molar-refractivity contribution in [3.05, 3.63) is 117 Å². The molecule has 0 aliphatic rings. The number of hydrogen-bond donors (Lipinski definition) is 0. The van der Waals surface area contributed by atoms with Crippen molar-refractivity contribution in [2.75, 3.05) is 0 Å². The molecule has 0 atom stereocenters. The molecule has 256 valence electrons. The summed E-state index contributed by atoms with van der Waals surface area (Å²) in [5, 5.41) is 3.26. The fourth-order valence-electron chi connectivity index (χ4n) is 7.11. The first-order valence-corrected chi connectivity index (χ1v) is 20.3. The highest BCUT2D eigenvalue weighted by Crippen LogP contribution is 2.24. The number of carbonyl (C=O) groups excluding carboxylic acids is 4. The lowest BCUT2D eigenvalue weighted by atomic mass is 10.0. The van der Waals surface area contributed by atoms with Gasteiger partial charge in [0.05, 0.1) is 0 Å². The van der Waals surface area contributed by atoms with Crippen LogP contribution in [0, 0.1) is 0 Å². The minimum atomic E-state index is -3.82. The van der Waals surface area contributed by atoms with Gasteiger partial charge >= 0.3 is 0 Å². The smallest absolute Gasteiger partial charge is 0.182 e. The van der Waals surface area contributed by atoms with E-state index in [0.29, 0.717) is 47.9 Å². The largest absolute Gasteiger partial charge is 0.294 e. The van der Waals surface area contributed by atoms with Gasteiger partial charge in [-0.3, -0.25) is 19.2 Å². The molecular weight excluding hydrogens is 621 g/mol. The van der Waals surface area contributed by atoms with Gasteiger partial charge in [0, 0.05) is 47.9 Å². The molecule has 0 bridgehead atoms. The van der Waals surface area contributed by atoms with Gasteiger partial charge in [-0.1, -0.05) is 104 Å². The third kappa shape index (κ3) is 7.09. The molecule has 0 saturated heterocycles. The fraction of sp³-hybridized carbons (Fsp3) is 0.364. The van der Waals surface area contributed by atoms with E-state index in [2.05, 4.69) is 76.2 Å². The highest BCUT2D eigenvalue weighted by molar-refractivity contribution is 7.21. The first-order chi connectivity index (χ1) is 23.6. The Hall–Kier alpha value is -4.22. The second-order valence-electron chi connectivity index (χ2n) is 12.8. The third-order valence-electron chi connectivity index (χ3n) is 10.1. The van der Waals surface area contributed by atoms with E-state index in [1.807, 2.05) is 52.0 Å². The Balaban J connectivity index is 2.50. The molecule has 4 rings (SSSR count). The zero-order valence-corrected chi connectivity index (χ0v) is 31.7. The van der Waals surface area contributed by atoms with Crippen molar-refractivity contribution in [3.63, 3.8) is 0 Å². The first kappa shape index (κ1) is 37.6. The van der Waals surface area contributed by atoms with Gasteiger partial charge in [0.2, 0.25) is 0 Å². The summed E-state index contributed by atoms with van der Waals surface area (Å²) in [6, 6.07) is 24.6. The monoisotopic (exact) mass is 672 g/mol.